The Morgan fingerprint density at radius 1 is 1.25 bits per heavy atom. The van der Waals surface area contributed by atoms with E-state index in [1.165, 1.54) is 17.4 Å². The average Bonchev–Trinajstić information content (AvgIpc) is 2.97. The molecule has 0 aliphatic rings. The molecule has 1 aromatic heterocycles. The van der Waals surface area contributed by atoms with E-state index in [-0.39, 0.29) is 5.91 Å². The fraction of sp³-hybridized carbons (Fsp3) is 0.154. The van der Waals surface area contributed by atoms with E-state index >= 15 is 0 Å². The standard InChI is InChI=1S/C13H13N3O3S/c1-18-10-5-9(6-11(7-10)19-2)3-4-12(17)15-13-16-14-8-20-13/h3-8H,1-2H3,(H,15,16,17)/b4-3+. The molecule has 2 aromatic rings. The molecule has 6 nitrogen and oxygen atoms in total. The number of hydrogen-bond acceptors (Lipinski definition) is 6. The van der Waals surface area contributed by atoms with E-state index in [1.54, 1.807) is 44.0 Å². The second kappa shape index (κ2) is 6.67. The summed E-state index contributed by atoms with van der Waals surface area (Å²) < 4.78 is 10.3. The van der Waals surface area contributed by atoms with Crippen molar-refractivity contribution in [1.82, 2.24) is 10.2 Å². The Morgan fingerprint density at radius 2 is 1.95 bits per heavy atom. The summed E-state index contributed by atoms with van der Waals surface area (Å²) in [6.07, 6.45) is 3.08. The van der Waals surface area contributed by atoms with Crippen LogP contribution in [-0.4, -0.2) is 30.3 Å². The van der Waals surface area contributed by atoms with Crippen LogP contribution in [0, 0.1) is 0 Å². The third kappa shape index (κ3) is 3.79. The maximum Gasteiger partial charge on any atom is 0.250 e. The second-order valence-corrected chi connectivity index (χ2v) is 4.55. The lowest BCUT2D eigenvalue weighted by Gasteiger charge is -2.05. The van der Waals surface area contributed by atoms with Crippen LogP contribution >= 0.6 is 11.3 Å². The highest BCUT2D eigenvalue weighted by Crippen LogP contribution is 2.23. The number of amides is 1. The highest BCUT2D eigenvalue weighted by Gasteiger charge is 2.02. The Labute approximate surface area is 120 Å². The van der Waals surface area contributed by atoms with Crippen molar-refractivity contribution in [3.63, 3.8) is 0 Å². The molecule has 0 radical (unpaired) electrons. The topological polar surface area (TPSA) is 73.3 Å². The lowest BCUT2D eigenvalue weighted by Crippen LogP contribution is -2.07. The predicted molar refractivity (Wildman–Crippen MR) is 77.1 cm³/mol. The molecular weight excluding hydrogens is 278 g/mol. The van der Waals surface area contributed by atoms with Crippen molar-refractivity contribution in [3.8, 4) is 11.5 Å². The van der Waals surface area contributed by atoms with Crippen molar-refractivity contribution in [1.29, 1.82) is 0 Å². The summed E-state index contributed by atoms with van der Waals surface area (Å²) in [5.74, 6) is 1.05. The molecule has 7 heteroatoms. The van der Waals surface area contributed by atoms with Crippen LogP contribution in [0.2, 0.25) is 0 Å². The molecule has 0 atom stereocenters. The Kier molecular flexibility index (Phi) is 4.67. The number of hydrogen-bond donors (Lipinski definition) is 1. The van der Waals surface area contributed by atoms with Gasteiger partial charge in [-0.05, 0) is 23.8 Å². The summed E-state index contributed by atoms with van der Waals surface area (Å²) in [7, 11) is 3.15. The summed E-state index contributed by atoms with van der Waals surface area (Å²) in [4.78, 5) is 11.7. The molecule has 1 amide bonds. The minimum atomic E-state index is -0.275. The number of carbonyl (C=O) groups is 1. The number of rotatable bonds is 5. The molecular formula is C13H13N3O3S. The maximum absolute atomic E-state index is 11.7. The zero-order valence-corrected chi connectivity index (χ0v) is 11.8. The van der Waals surface area contributed by atoms with Crippen LogP contribution in [0.15, 0.2) is 29.8 Å². The molecule has 2 rings (SSSR count). The Bertz CT molecular complexity index is 589. The Balaban J connectivity index is 2.08. The van der Waals surface area contributed by atoms with Crippen molar-refractivity contribution < 1.29 is 14.3 Å². The fourth-order valence-electron chi connectivity index (χ4n) is 1.47. The molecule has 1 aromatic carbocycles. The monoisotopic (exact) mass is 291 g/mol. The van der Waals surface area contributed by atoms with Crippen LogP contribution in [0.3, 0.4) is 0 Å². The number of carbonyl (C=O) groups excluding carboxylic acids is 1. The van der Waals surface area contributed by atoms with E-state index in [0.29, 0.717) is 16.6 Å². The number of methoxy groups -OCH3 is 2. The maximum atomic E-state index is 11.7. The first kappa shape index (κ1) is 14.0. The number of anilines is 1. The summed E-state index contributed by atoms with van der Waals surface area (Å²) in [5, 5.41) is 10.4. The van der Waals surface area contributed by atoms with Crippen LogP contribution in [-0.2, 0) is 4.79 Å². The van der Waals surface area contributed by atoms with Crippen molar-refractivity contribution in [2.75, 3.05) is 19.5 Å². The summed E-state index contributed by atoms with van der Waals surface area (Å²) in [6.45, 7) is 0. The molecule has 20 heavy (non-hydrogen) atoms. The van der Waals surface area contributed by atoms with Gasteiger partial charge in [0.25, 0.3) is 0 Å². The van der Waals surface area contributed by atoms with Gasteiger partial charge in [-0.3, -0.25) is 10.1 Å². The third-order valence-electron chi connectivity index (χ3n) is 2.39. The number of nitrogens with zero attached hydrogens (tertiary/aromatic N) is 2. The number of ether oxygens (including phenoxy) is 2. The number of aromatic nitrogens is 2. The lowest BCUT2D eigenvalue weighted by atomic mass is 10.2. The molecule has 1 heterocycles. The van der Waals surface area contributed by atoms with Gasteiger partial charge < -0.3 is 9.47 Å². The SMILES string of the molecule is COc1cc(/C=C/C(=O)Nc2nncs2)cc(OC)c1. The molecule has 0 saturated carbocycles. The first-order valence-corrected chi connectivity index (χ1v) is 6.57. The first-order valence-electron chi connectivity index (χ1n) is 5.69. The molecule has 0 spiro atoms. The van der Waals surface area contributed by atoms with Gasteiger partial charge in [0.05, 0.1) is 14.2 Å². The van der Waals surface area contributed by atoms with Crippen LogP contribution in [0.5, 0.6) is 11.5 Å². The van der Waals surface area contributed by atoms with Gasteiger partial charge >= 0.3 is 0 Å². The predicted octanol–water partition coefficient (Wildman–Crippen LogP) is 2.21. The van der Waals surface area contributed by atoms with Gasteiger partial charge in [0.1, 0.15) is 17.0 Å². The normalized spacial score (nSPS) is 10.5. The van der Waals surface area contributed by atoms with E-state index in [2.05, 4.69) is 15.5 Å². The third-order valence-corrected chi connectivity index (χ3v) is 3.00. The van der Waals surface area contributed by atoms with Crippen molar-refractivity contribution in [2.45, 2.75) is 0 Å². The molecule has 1 N–H and O–H groups in total. The van der Waals surface area contributed by atoms with Crippen molar-refractivity contribution >= 4 is 28.5 Å². The highest BCUT2D eigenvalue weighted by atomic mass is 32.1. The van der Waals surface area contributed by atoms with Crippen molar-refractivity contribution in [2.24, 2.45) is 0 Å². The van der Waals surface area contributed by atoms with E-state index in [4.69, 9.17) is 9.47 Å². The summed E-state index contributed by atoms with van der Waals surface area (Å²) in [6, 6.07) is 5.37. The smallest absolute Gasteiger partial charge is 0.250 e. The largest absolute Gasteiger partial charge is 0.497 e. The van der Waals surface area contributed by atoms with Crippen LogP contribution in [0.1, 0.15) is 5.56 Å². The van der Waals surface area contributed by atoms with E-state index in [1.807, 2.05) is 0 Å². The van der Waals surface area contributed by atoms with E-state index in [9.17, 15) is 4.79 Å². The quantitative estimate of drug-likeness (QED) is 0.855. The van der Waals surface area contributed by atoms with Gasteiger partial charge in [-0.15, -0.1) is 10.2 Å². The van der Waals surface area contributed by atoms with Crippen LogP contribution in [0.4, 0.5) is 5.13 Å². The molecule has 0 fully saturated rings. The van der Waals surface area contributed by atoms with Crippen LogP contribution in [0.25, 0.3) is 6.08 Å². The number of benzene rings is 1. The van der Waals surface area contributed by atoms with Gasteiger partial charge in [-0.2, -0.15) is 0 Å². The van der Waals surface area contributed by atoms with Crippen molar-refractivity contribution in [3.05, 3.63) is 35.3 Å². The highest BCUT2D eigenvalue weighted by molar-refractivity contribution is 7.13. The average molecular weight is 291 g/mol. The minimum Gasteiger partial charge on any atom is -0.497 e. The zero-order valence-electron chi connectivity index (χ0n) is 11.0. The zero-order chi connectivity index (χ0) is 14.4. The van der Waals surface area contributed by atoms with Gasteiger partial charge in [-0.25, -0.2) is 0 Å². The van der Waals surface area contributed by atoms with E-state index in [0.717, 1.165) is 5.56 Å². The molecule has 0 aliphatic heterocycles. The molecule has 0 bridgehead atoms. The summed E-state index contributed by atoms with van der Waals surface area (Å²) >= 11 is 1.26. The molecule has 0 unspecified atom stereocenters. The number of nitrogens with one attached hydrogen (secondary N) is 1. The van der Waals surface area contributed by atoms with E-state index < -0.39 is 0 Å². The summed E-state index contributed by atoms with van der Waals surface area (Å²) in [5.41, 5.74) is 2.35. The first-order chi connectivity index (χ1) is 9.71. The van der Waals surface area contributed by atoms with Gasteiger partial charge in [0.2, 0.25) is 11.0 Å². The van der Waals surface area contributed by atoms with Gasteiger partial charge in [0.15, 0.2) is 0 Å². The van der Waals surface area contributed by atoms with Gasteiger partial charge in [-0.1, -0.05) is 11.3 Å². The fourth-order valence-corrected chi connectivity index (χ4v) is 1.92. The second-order valence-electron chi connectivity index (χ2n) is 3.71. The van der Waals surface area contributed by atoms with Gasteiger partial charge in [0, 0.05) is 12.1 Å². The molecule has 0 saturated heterocycles. The van der Waals surface area contributed by atoms with Crippen LogP contribution < -0.4 is 14.8 Å². The minimum absolute atomic E-state index is 0.275. The lowest BCUT2D eigenvalue weighted by molar-refractivity contribution is -0.111. The molecule has 104 valence electrons. The molecule has 0 aliphatic carbocycles. The Hall–Kier alpha value is -2.41. The Morgan fingerprint density at radius 3 is 2.50 bits per heavy atom.